The Morgan fingerprint density at radius 2 is 2.20 bits per heavy atom. The lowest BCUT2D eigenvalue weighted by Crippen LogP contribution is -2.27. The van der Waals surface area contributed by atoms with Gasteiger partial charge in [0.25, 0.3) is 5.91 Å². The van der Waals surface area contributed by atoms with Gasteiger partial charge in [-0.25, -0.2) is 4.39 Å². The number of hydrogen-bond acceptors (Lipinski definition) is 4. The van der Waals surface area contributed by atoms with E-state index >= 15 is 0 Å². The van der Waals surface area contributed by atoms with Crippen molar-refractivity contribution in [3.8, 4) is 0 Å². The summed E-state index contributed by atoms with van der Waals surface area (Å²) in [5.41, 5.74) is 4.14. The van der Waals surface area contributed by atoms with Gasteiger partial charge in [0.1, 0.15) is 5.82 Å². The van der Waals surface area contributed by atoms with E-state index in [0.717, 1.165) is 5.56 Å². The minimum Gasteiger partial charge on any atom is -0.352 e. The number of hydrogen-bond donors (Lipinski definition) is 3. The minimum absolute atomic E-state index is 0.276. The largest absolute Gasteiger partial charge is 0.352 e. The summed E-state index contributed by atoms with van der Waals surface area (Å²) in [6, 6.07) is 7.90. The number of nitrogens with one attached hydrogen (secondary N) is 2. The van der Waals surface area contributed by atoms with Crippen molar-refractivity contribution >= 4 is 11.6 Å². The zero-order valence-corrected chi connectivity index (χ0v) is 10.8. The summed E-state index contributed by atoms with van der Waals surface area (Å²) in [6.45, 7) is 0.404. The van der Waals surface area contributed by atoms with E-state index in [2.05, 4.69) is 15.7 Å². The number of carbonyl (C=O) groups is 1. The van der Waals surface area contributed by atoms with Crippen LogP contribution < -0.4 is 16.6 Å². The predicted molar refractivity (Wildman–Crippen MR) is 74.5 cm³/mol. The van der Waals surface area contributed by atoms with Crippen LogP contribution in [0.4, 0.5) is 10.1 Å². The van der Waals surface area contributed by atoms with Gasteiger partial charge in [-0.1, -0.05) is 12.1 Å². The number of nitrogens with two attached hydrogens (primary N) is 1. The fourth-order valence-corrected chi connectivity index (χ4v) is 1.81. The van der Waals surface area contributed by atoms with Gasteiger partial charge >= 0.3 is 0 Å². The molecule has 0 unspecified atom stereocenters. The van der Waals surface area contributed by atoms with Crippen molar-refractivity contribution < 1.29 is 9.18 Å². The van der Waals surface area contributed by atoms with Crippen molar-refractivity contribution in [2.45, 2.75) is 6.42 Å². The van der Waals surface area contributed by atoms with Crippen molar-refractivity contribution in [3.05, 3.63) is 59.7 Å². The number of amides is 1. The summed E-state index contributed by atoms with van der Waals surface area (Å²) in [5, 5.41) is 2.74. The zero-order valence-electron chi connectivity index (χ0n) is 10.8. The smallest absolute Gasteiger partial charge is 0.255 e. The van der Waals surface area contributed by atoms with Gasteiger partial charge < -0.3 is 10.7 Å². The zero-order chi connectivity index (χ0) is 14.4. The first kappa shape index (κ1) is 14.0. The van der Waals surface area contributed by atoms with Crippen LogP contribution >= 0.6 is 0 Å². The highest BCUT2D eigenvalue weighted by Gasteiger charge is 2.10. The van der Waals surface area contributed by atoms with Gasteiger partial charge in [0.15, 0.2) is 0 Å². The van der Waals surface area contributed by atoms with E-state index in [0.29, 0.717) is 24.2 Å². The third kappa shape index (κ3) is 3.52. The van der Waals surface area contributed by atoms with Crippen LogP contribution in [0.2, 0.25) is 0 Å². The van der Waals surface area contributed by atoms with Gasteiger partial charge in [0.2, 0.25) is 0 Å². The molecule has 6 heteroatoms. The van der Waals surface area contributed by atoms with E-state index in [1.165, 1.54) is 18.3 Å². The normalized spacial score (nSPS) is 10.1. The Hall–Kier alpha value is -2.47. The molecule has 0 radical (unpaired) electrons. The molecule has 0 aliphatic carbocycles. The molecule has 0 bridgehead atoms. The van der Waals surface area contributed by atoms with Gasteiger partial charge in [0, 0.05) is 18.9 Å². The summed E-state index contributed by atoms with van der Waals surface area (Å²) in [4.78, 5) is 15.8. The summed E-state index contributed by atoms with van der Waals surface area (Å²) in [5.74, 6) is 4.77. The van der Waals surface area contributed by atoms with Crippen molar-refractivity contribution in [3.63, 3.8) is 0 Å². The summed E-state index contributed by atoms with van der Waals surface area (Å²) < 4.78 is 13.0. The quantitative estimate of drug-likeness (QED) is 0.570. The molecule has 1 aromatic heterocycles. The topological polar surface area (TPSA) is 80.0 Å². The molecule has 1 amide bonds. The highest BCUT2D eigenvalue weighted by Crippen LogP contribution is 2.11. The second-order valence-electron chi connectivity index (χ2n) is 4.20. The molecule has 0 atom stereocenters. The Balaban J connectivity index is 1.92. The third-order valence-corrected chi connectivity index (χ3v) is 2.81. The summed E-state index contributed by atoms with van der Waals surface area (Å²) >= 11 is 0. The Morgan fingerprint density at radius 3 is 2.95 bits per heavy atom. The number of anilines is 1. The first-order valence-corrected chi connectivity index (χ1v) is 6.14. The number of carbonyl (C=O) groups excluding carboxylic acids is 1. The number of hydrazine groups is 1. The van der Waals surface area contributed by atoms with Crippen LogP contribution in [0.15, 0.2) is 42.7 Å². The lowest BCUT2D eigenvalue weighted by molar-refractivity contribution is 0.0954. The number of pyridine rings is 1. The number of nitrogens with zero attached hydrogens (tertiary/aromatic N) is 1. The Bertz CT molecular complexity index is 603. The van der Waals surface area contributed by atoms with Crippen LogP contribution in [-0.2, 0) is 6.42 Å². The predicted octanol–water partition coefficient (Wildman–Crippen LogP) is 1.48. The van der Waals surface area contributed by atoms with Crippen LogP contribution in [-0.4, -0.2) is 17.4 Å². The van der Waals surface area contributed by atoms with Crippen molar-refractivity contribution in [2.24, 2.45) is 5.84 Å². The molecule has 20 heavy (non-hydrogen) atoms. The molecule has 104 valence electrons. The van der Waals surface area contributed by atoms with Crippen LogP contribution in [0, 0.1) is 5.82 Å². The minimum atomic E-state index is -0.282. The van der Waals surface area contributed by atoms with E-state index in [9.17, 15) is 9.18 Å². The molecule has 0 fully saturated rings. The molecule has 0 spiro atoms. The van der Waals surface area contributed by atoms with Gasteiger partial charge in [-0.15, -0.1) is 0 Å². The summed E-state index contributed by atoms with van der Waals surface area (Å²) in [6.07, 6.45) is 3.53. The van der Waals surface area contributed by atoms with Gasteiger partial charge in [0.05, 0.1) is 11.3 Å². The number of aromatic nitrogens is 1. The number of halogens is 1. The average Bonchev–Trinajstić information content (AvgIpc) is 2.47. The van der Waals surface area contributed by atoms with Crippen LogP contribution in [0.1, 0.15) is 15.9 Å². The molecule has 1 aromatic carbocycles. The maximum Gasteiger partial charge on any atom is 0.255 e. The highest BCUT2D eigenvalue weighted by molar-refractivity contribution is 5.99. The van der Waals surface area contributed by atoms with Crippen molar-refractivity contribution in [1.29, 1.82) is 0 Å². The molecule has 0 aliphatic heterocycles. The standard InChI is InChI=1S/C14H15FN4O/c15-11-3-1-2-10(8-11)4-7-18-14(20)12-9-17-6-5-13(12)19-16/h1-3,5-6,8-9H,4,7,16H2,(H,17,19)(H,18,20). The molecular formula is C14H15FN4O. The first-order chi connectivity index (χ1) is 9.70. The van der Waals surface area contributed by atoms with Crippen LogP contribution in [0.25, 0.3) is 0 Å². The van der Waals surface area contributed by atoms with E-state index < -0.39 is 0 Å². The molecule has 2 aromatic rings. The second-order valence-corrected chi connectivity index (χ2v) is 4.20. The Kier molecular flexibility index (Phi) is 4.62. The SMILES string of the molecule is NNc1ccncc1C(=O)NCCc1cccc(F)c1. The molecule has 1 heterocycles. The first-order valence-electron chi connectivity index (χ1n) is 6.14. The molecule has 5 nitrogen and oxygen atoms in total. The number of rotatable bonds is 5. The third-order valence-electron chi connectivity index (χ3n) is 2.81. The molecule has 4 N–H and O–H groups in total. The maximum atomic E-state index is 13.0. The fraction of sp³-hybridized carbons (Fsp3) is 0.143. The van der Waals surface area contributed by atoms with E-state index in [4.69, 9.17) is 5.84 Å². The number of nitrogen functional groups attached to an aromatic ring is 1. The van der Waals surface area contributed by atoms with E-state index in [-0.39, 0.29) is 11.7 Å². The van der Waals surface area contributed by atoms with Crippen molar-refractivity contribution in [1.82, 2.24) is 10.3 Å². The van der Waals surface area contributed by atoms with Crippen molar-refractivity contribution in [2.75, 3.05) is 12.0 Å². The average molecular weight is 274 g/mol. The highest BCUT2D eigenvalue weighted by atomic mass is 19.1. The van der Waals surface area contributed by atoms with Crippen LogP contribution in [0.3, 0.4) is 0 Å². The van der Waals surface area contributed by atoms with E-state index in [1.807, 2.05) is 6.07 Å². The van der Waals surface area contributed by atoms with Gasteiger partial charge in [-0.2, -0.15) is 0 Å². The Labute approximate surface area is 116 Å². The van der Waals surface area contributed by atoms with E-state index in [1.54, 1.807) is 18.3 Å². The summed E-state index contributed by atoms with van der Waals surface area (Å²) in [7, 11) is 0. The second kappa shape index (κ2) is 6.63. The lowest BCUT2D eigenvalue weighted by atomic mass is 10.1. The van der Waals surface area contributed by atoms with Gasteiger partial charge in [-0.05, 0) is 30.2 Å². The molecular weight excluding hydrogens is 259 g/mol. The fourth-order valence-electron chi connectivity index (χ4n) is 1.81. The Morgan fingerprint density at radius 1 is 1.35 bits per heavy atom. The molecule has 0 saturated carbocycles. The molecule has 0 aliphatic rings. The molecule has 2 rings (SSSR count). The van der Waals surface area contributed by atoms with Crippen LogP contribution in [0.5, 0.6) is 0 Å². The monoisotopic (exact) mass is 274 g/mol. The molecule has 0 saturated heterocycles. The van der Waals surface area contributed by atoms with Gasteiger partial charge in [-0.3, -0.25) is 15.6 Å². The lowest BCUT2D eigenvalue weighted by Gasteiger charge is -2.09. The number of benzene rings is 1. The maximum absolute atomic E-state index is 13.0.